The molecular formula is C7H10N2O2S. The number of nitrogens with zero attached hydrogens (tertiary/aromatic N) is 1. The third-order valence-electron chi connectivity index (χ3n) is 1.29. The van der Waals surface area contributed by atoms with Gasteiger partial charge in [0, 0.05) is 0 Å². The highest BCUT2D eigenvalue weighted by Gasteiger charge is 1.99. The quantitative estimate of drug-likeness (QED) is 0.441. The largest absolute Gasteiger partial charge is 0.397 e. The molecule has 0 unspecified atom stereocenters. The molecule has 0 bridgehead atoms. The van der Waals surface area contributed by atoms with Crippen molar-refractivity contribution < 1.29 is 9.22 Å². The first-order chi connectivity index (χ1) is 5.74. The summed E-state index contributed by atoms with van der Waals surface area (Å²) < 4.78 is 4.63. The van der Waals surface area contributed by atoms with Crippen LogP contribution in [0, 0.1) is 6.92 Å². The molecule has 12 heavy (non-hydrogen) atoms. The van der Waals surface area contributed by atoms with E-state index in [1.807, 2.05) is 6.92 Å². The van der Waals surface area contributed by atoms with E-state index in [4.69, 9.17) is 5.73 Å². The molecule has 0 radical (unpaired) electrons. The van der Waals surface area contributed by atoms with Crippen molar-refractivity contribution in [3.05, 3.63) is 17.8 Å². The number of anilines is 1. The topological polar surface area (TPSA) is 57.4 Å². The Morgan fingerprint density at radius 2 is 2.25 bits per heavy atom. The molecule has 0 atom stereocenters. The maximum atomic E-state index is 5.57. The Labute approximate surface area is 75.2 Å². The summed E-state index contributed by atoms with van der Waals surface area (Å²) in [5, 5.41) is 0.726. The van der Waals surface area contributed by atoms with Gasteiger partial charge < -0.3 is 5.73 Å². The van der Waals surface area contributed by atoms with E-state index in [2.05, 4.69) is 14.2 Å². The number of rotatable bonds is 3. The Morgan fingerprint density at radius 3 is 2.83 bits per heavy atom. The fourth-order valence-electron chi connectivity index (χ4n) is 0.664. The number of nitrogen functional groups attached to an aromatic ring is 1. The minimum atomic E-state index is 0.678. The molecule has 0 aromatic carbocycles. The Morgan fingerprint density at radius 1 is 1.50 bits per heavy atom. The fraction of sp³-hybridized carbons (Fsp3) is 0.286. The molecule has 1 aromatic heterocycles. The van der Waals surface area contributed by atoms with Crippen molar-refractivity contribution in [1.29, 1.82) is 0 Å². The van der Waals surface area contributed by atoms with Gasteiger partial charge >= 0.3 is 0 Å². The average molecular weight is 186 g/mol. The zero-order chi connectivity index (χ0) is 8.97. The molecular weight excluding hydrogens is 176 g/mol. The molecule has 0 amide bonds. The van der Waals surface area contributed by atoms with Crippen LogP contribution in [0.5, 0.6) is 0 Å². The Kier molecular flexibility index (Phi) is 3.33. The van der Waals surface area contributed by atoms with Gasteiger partial charge in [0.15, 0.2) is 0 Å². The fourth-order valence-corrected chi connectivity index (χ4v) is 1.10. The highest BCUT2D eigenvalue weighted by Crippen LogP contribution is 2.19. The second-order valence-electron chi connectivity index (χ2n) is 2.14. The molecule has 0 fully saturated rings. The summed E-state index contributed by atoms with van der Waals surface area (Å²) in [7, 11) is 1.44. The van der Waals surface area contributed by atoms with Gasteiger partial charge in [0.25, 0.3) is 0 Å². The summed E-state index contributed by atoms with van der Waals surface area (Å²) >= 11 is 1.05. The van der Waals surface area contributed by atoms with Crippen molar-refractivity contribution in [2.75, 3.05) is 12.8 Å². The molecule has 4 nitrogen and oxygen atoms in total. The monoisotopic (exact) mass is 186 g/mol. The van der Waals surface area contributed by atoms with E-state index in [1.54, 1.807) is 12.1 Å². The van der Waals surface area contributed by atoms with Crippen LogP contribution in [0.2, 0.25) is 0 Å². The lowest BCUT2D eigenvalue weighted by Crippen LogP contribution is -1.93. The molecule has 0 saturated heterocycles. The predicted molar refractivity (Wildman–Crippen MR) is 47.3 cm³/mol. The summed E-state index contributed by atoms with van der Waals surface area (Å²) in [4.78, 5) is 8.55. The Balaban J connectivity index is 2.69. The SMILES string of the molecule is COOSc1ccc(N)c(C)n1. The maximum absolute atomic E-state index is 5.57. The van der Waals surface area contributed by atoms with E-state index in [0.717, 1.165) is 22.8 Å². The van der Waals surface area contributed by atoms with Crippen molar-refractivity contribution in [1.82, 2.24) is 4.98 Å². The standard InChI is InChI=1S/C7H10N2O2S/c1-5-6(8)3-4-7(9-5)12-11-10-2/h3-4H,8H2,1-2H3. The van der Waals surface area contributed by atoms with Gasteiger partial charge in [-0.05, 0) is 19.1 Å². The molecule has 0 saturated carbocycles. The van der Waals surface area contributed by atoms with Crippen LogP contribution < -0.4 is 5.73 Å². The molecule has 0 aliphatic carbocycles. The highest BCUT2D eigenvalue weighted by molar-refractivity contribution is 7.94. The van der Waals surface area contributed by atoms with E-state index in [0.29, 0.717) is 5.69 Å². The molecule has 2 N–H and O–H groups in total. The number of hydrogen-bond acceptors (Lipinski definition) is 5. The van der Waals surface area contributed by atoms with E-state index < -0.39 is 0 Å². The van der Waals surface area contributed by atoms with Gasteiger partial charge in [-0.15, -0.1) is 0 Å². The van der Waals surface area contributed by atoms with Crippen molar-refractivity contribution >= 4 is 17.7 Å². The zero-order valence-corrected chi connectivity index (χ0v) is 7.72. The smallest absolute Gasteiger partial charge is 0.127 e. The van der Waals surface area contributed by atoms with Gasteiger partial charge in [-0.1, -0.05) is 0 Å². The Bertz CT molecular complexity index is 268. The lowest BCUT2D eigenvalue weighted by Gasteiger charge is -2.01. The van der Waals surface area contributed by atoms with E-state index in [-0.39, 0.29) is 0 Å². The first kappa shape index (κ1) is 9.31. The van der Waals surface area contributed by atoms with Crippen molar-refractivity contribution in [3.63, 3.8) is 0 Å². The molecule has 1 heterocycles. The molecule has 0 spiro atoms. The third kappa shape index (κ3) is 2.37. The van der Waals surface area contributed by atoms with Crippen molar-refractivity contribution in [3.8, 4) is 0 Å². The number of nitrogens with two attached hydrogens (primary N) is 1. The number of aromatic nitrogens is 1. The zero-order valence-electron chi connectivity index (χ0n) is 6.90. The van der Waals surface area contributed by atoms with E-state index in [1.165, 1.54) is 7.11 Å². The first-order valence-corrected chi connectivity index (χ1v) is 4.08. The minimum absolute atomic E-state index is 0.678. The van der Waals surface area contributed by atoms with Crippen LogP contribution in [0.4, 0.5) is 5.69 Å². The maximum Gasteiger partial charge on any atom is 0.127 e. The molecule has 0 aliphatic heterocycles. The molecule has 1 aromatic rings. The molecule has 5 heteroatoms. The average Bonchev–Trinajstić information content (AvgIpc) is 2.07. The van der Waals surface area contributed by atoms with Gasteiger partial charge in [-0.25, -0.2) is 9.87 Å². The lowest BCUT2D eigenvalue weighted by atomic mass is 10.3. The van der Waals surface area contributed by atoms with Gasteiger partial charge in [0.05, 0.1) is 30.5 Å². The van der Waals surface area contributed by atoms with Gasteiger partial charge in [0.1, 0.15) is 5.03 Å². The van der Waals surface area contributed by atoms with Crippen molar-refractivity contribution in [2.45, 2.75) is 11.9 Å². The van der Waals surface area contributed by atoms with Gasteiger partial charge in [0.2, 0.25) is 0 Å². The number of aryl methyl sites for hydroxylation is 1. The van der Waals surface area contributed by atoms with Crippen LogP contribution in [-0.4, -0.2) is 12.1 Å². The number of pyridine rings is 1. The summed E-state index contributed by atoms with van der Waals surface area (Å²) in [5.74, 6) is 0. The van der Waals surface area contributed by atoms with Crippen LogP contribution in [-0.2, 0) is 9.22 Å². The molecule has 66 valence electrons. The lowest BCUT2D eigenvalue weighted by molar-refractivity contribution is -0.160. The van der Waals surface area contributed by atoms with Crippen LogP contribution in [0.3, 0.4) is 0 Å². The predicted octanol–water partition coefficient (Wildman–Crippen LogP) is 1.56. The van der Waals surface area contributed by atoms with Crippen LogP contribution in [0.25, 0.3) is 0 Å². The second kappa shape index (κ2) is 4.30. The summed E-state index contributed by atoms with van der Waals surface area (Å²) in [6.45, 7) is 1.84. The van der Waals surface area contributed by atoms with Crippen LogP contribution in [0.1, 0.15) is 5.69 Å². The van der Waals surface area contributed by atoms with Crippen LogP contribution in [0.15, 0.2) is 17.2 Å². The molecule has 0 aliphatic rings. The highest BCUT2D eigenvalue weighted by atomic mass is 32.2. The third-order valence-corrected chi connectivity index (χ3v) is 1.89. The second-order valence-corrected chi connectivity index (χ2v) is 2.86. The van der Waals surface area contributed by atoms with Crippen LogP contribution >= 0.6 is 12.0 Å². The minimum Gasteiger partial charge on any atom is -0.397 e. The van der Waals surface area contributed by atoms with Gasteiger partial charge in [-0.3, -0.25) is 0 Å². The summed E-state index contributed by atoms with van der Waals surface area (Å²) in [6, 6.07) is 3.55. The normalized spacial score (nSPS) is 10.2. The Hall–Kier alpha value is -0.780. The first-order valence-electron chi connectivity index (χ1n) is 3.34. The number of hydrogen-bond donors (Lipinski definition) is 1. The summed E-state index contributed by atoms with van der Waals surface area (Å²) in [6.07, 6.45) is 0. The van der Waals surface area contributed by atoms with E-state index in [9.17, 15) is 0 Å². The molecule has 1 rings (SSSR count). The van der Waals surface area contributed by atoms with E-state index >= 15 is 0 Å². The van der Waals surface area contributed by atoms with Gasteiger partial charge in [-0.2, -0.15) is 4.33 Å². The van der Waals surface area contributed by atoms with Crippen molar-refractivity contribution in [2.24, 2.45) is 0 Å². The summed E-state index contributed by atoms with van der Waals surface area (Å²) in [5.41, 5.74) is 7.04.